The van der Waals surface area contributed by atoms with E-state index in [2.05, 4.69) is 16.0 Å². The molecule has 0 aliphatic carbocycles. The molecular weight excluding hydrogens is 476 g/mol. The van der Waals surface area contributed by atoms with Crippen LogP contribution < -0.4 is 25.4 Å². The van der Waals surface area contributed by atoms with E-state index in [1.807, 2.05) is 19.1 Å². The monoisotopic (exact) mass is 508 g/mol. The lowest BCUT2D eigenvalue weighted by atomic mass is 9.93. The van der Waals surface area contributed by atoms with Crippen LogP contribution >= 0.6 is 0 Å². The Morgan fingerprint density at radius 2 is 1.84 bits per heavy atom. The van der Waals surface area contributed by atoms with Gasteiger partial charge < -0.3 is 30.3 Å². The average Bonchev–Trinajstić information content (AvgIpc) is 3.26. The van der Waals surface area contributed by atoms with E-state index in [0.717, 1.165) is 16.7 Å². The highest BCUT2D eigenvalue weighted by molar-refractivity contribution is 6.15. The minimum atomic E-state index is -0.320. The quantitative estimate of drug-likeness (QED) is 0.526. The lowest BCUT2D eigenvalue weighted by Crippen LogP contribution is -2.41. The normalized spacial score (nSPS) is 16.8. The summed E-state index contributed by atoms with van der Waals surface area (Å²) in [5.74, 6) is 0.915. The van der Waals surface area contributed by atoms with Crippen LogP contribution in [0.25, 0.3) is 0 Å². The van der Waals surface area contributed by atoms with Crippen molar-refractivity contribution in [2.45, 2.75) is 19.4 Å². The molecule has 11 heteroatoms. The predicted molar refractivity (Wildman–Crippen MR) is 138 cm³/mol. The van der Waals surface area contributed by atoms with Crippen molar-refractivity contribution in [3.63, 3.8) is 0 Å². The van der Waals surface area contributed by atoms with Gasteiger partial charge in [0.15, 0.2) is 11.5 Å². The second-order valence-electron chi connectivity index (χ2n) is 8.82. The fourth-order valence-corrected chi connectivity index (χ4v) is 4.46. The van der Waals surface area contributed by atoms with Gasteiger partial charge in [-0.25, -0.2) is 14.6 Å². The van der Waals surface area contributed by atoms with Crippen LogP contribution in [-0.4, -0.2) is 87.1 Å². The second kappa shape index (κ2) is 11.2. The van der Waals surface area contributed by atoms with E-state index in [9.17, 15) is 14.4 Å². The molecule has 11 nitrogen and oxygen atoms in total. The number of benzene rings is 2. The highest BCUT2D eigenvalue weighted by atomic mass is 16.5. The molecule has 2 aromatic carbocycles. The van der Waals surface area contributed by atoms with Crippen molar-refractivity contribution in [1.82, 2.24) is 25.9 Å². The van der Waals surface area contributed by atoms with Gasteiger partial charge in [-0.15, -0.1) is 0 Å². The first-order chi connectivity index (χ1) is 17.9. The zero-order chi connectivity index (χ0) is 26.5. The number of amides is 5. The number of rotatable bonds is 7. The van der Waals surface area contributed by atoms with Crippen molar-refractivity contribution < 1.29 is 23.9 Å². The summed E-state index contributed by atoms with van der Waals surface area (Å²) < 4.78 is 11.0. The van der Waals surface area contributed by atoms with Gasteiger partial charge in [-0.3, -0.25) is 4.79 Å². The van der Waals surface area contributed by atoms with Crippen molar-refractivity contribution in [2.24, 2.45) is 5.10 Å². The van der Waals surface area contributed by atoms with Crippen LogP contribution in [0.1, 0.15) is 34.0 Å². The number of nitrogens with zero attached hydrogens (tertiary/aromatic N) is 3. The van der Waals surface area contributed by atoms with Gasteiger partial charge in [0.1, 0.15) is 0 Å². The van der Waals surface area contributed by atoms with E-state index in [-0.39, 0.29) is 24.0 Å². The molecule has 2 aliphatic heterocycles. The molecule has 0 saturated carbocycles. The molecule has 2 aliphatic rings. The second-order valence-corrected chi connectivity index (χ2v) is 8.82. The minimum Gasteiger partial charge on any atom is -0.493 e. The van der Waals surface area contributed by atoms with Gasteiger partial charge in [-0.1, -0.05) is 12.1 Å². The zero-order valence-corrected chi connectivity index (χ0v) is 21.5. The van der Waals surface area contributed by atoms with Crippen molar-refractivity contribution >= 4 is 23.7 Å². The molecule has 0 bridgehead atoms. The van der Waals surface area contributed by atoms with Gasteiger partial charge >= 0.3 is 12.1 Å². The maximum Gasteiger partial charge on any atom is 0.337 e. The van der Waals surface area contributed by atoms with Gasteiger partial charge in [0.2, 0.25) is 0 Å². The zero-order valence-electron chi connectivity index (χ0n) is 21.5. The van der Waals surface area contributed by atoms with E-state index in [1.54, 1.807) is 50.4 Å². The van der Waals surface area contributed by atoms with Gasteiger partial charge in [-0.2, -0.15) is 5.10 Å². The first kappa shape index (κ1) is 25.8. The molecule has 2 aromatic rings. The Labute approximate surface area is 215 Å². The summed E-state index contributed by atoms with van der Waals surface area (Å²) in [5.41, 5.74) is 3.57. The molecule has 1 fully saturated rings. The molecule has 1 atom stereocenters. The number of fused-ring (bicyclic) bond motifs is 1. The van der Waals surface area contributed by atoms with Crippen LogP contribution in [0.4, 0.5) is 9.59 Å². The molecule has 0 radical (unpaired) electrons. The minimum absolute atomic E-state index is 0.113. The summed E-state index contributed by atoms with van der Waals surface area (Å²) in [6.07, 6.45) is 0.561. The Bertz CT molecular complexity index is 1210. The van der Waals surface area contributed by atoms with E-state index in [4.69, 9.17) is 14.6 Å². The Kier molecular flexibility index (Phi) is 7.80. The molecule has 0 aromatic heterocycles. The summed E-state index contributed by atoms with van der Waals surface area (Å²) in [5, 5.41) is 14.4. The van der Waals surface area contributed by atoms with Crippen LogP contribution in [-0.2, 0) is 6.42 Å². The molecule has 37 heavy (non-hydrogen) atoms. The van der Waals surface area contributed by atoms with Crippen LogP contribution in [0.5, 0.6) is 11.5 Å². The number of carbonyl (C=O) groups is 3. The highest BCUT2D eigenvalue weighted by Crippen LogP contribution is 2.34. The Morgan fingerprint density at radius 1 is 1.14 bits per heavy atom. The summed E-state index contributed by atoms with van der Waals surface area (Å²) in [6, 6.07) is 10.2. The molecule has 3 N–H and O–H groups in total. The topological polar surface area (TPSA) is 125 Å². The number of hydrazone groups is 1. The summed E-state index contributed by atoms with van der Waals surface area (Å²) in [6.45, 7) is 3.99. The standard InChI is InChI=1S/C26H32N6O5/c1-16-13-19-14-21(36-3)22(37-4)15-20(19)23(30-32(16)25(34)27-2)17-5-7-18(8-6-17)24(33)28-9-11-31-12-10-29-26(31)35/h5-8,14-16H,9-13H2,1-4H3,(H,27,34)(H,28,33)(H,29,35). The number of urea groups is 2. The lowest BCUT2D eigenvalue weighted by molar-refractivity contribution is 0.0950. The SMILES string of the molecule is CNC(=O)N1N=C(c2ccc(C(=O)NCCN3CCNC3=O)cc2)c2cc(OC)c(OC)cc2CC1C. The molecule has 1 saturated heterocycles. The number of methoxy groups -OCH3 is 2. The van der Waals surface area contributed by atoms with Gasteiger partial charge in [0, 0.05) is 49.9 Å². The summed E-state index contributed by atoms with van der Waals surface area (Å²) in [7, 11) is 4.72. The number of hydrogen-bond donors (Lipinski definition) is 3. The molecule has 5 amide bonds. The molecule has 2 heterocycles. The average molecular weight is 509 g/mol. The van der Waals surface area contributed by atoms with E-state index in [1.165, 1.54) is 5.01 Å². The number of carbonyl (C=O) groups excluding carboxylic acids is 3. The van der Waals surface area contributed by atoms with E-state index in [0.29, 0.717) is 55.4 Å². The molecule has 196 valence electrons. The number of ether oxygens (including phenoxy) is 2. The smallest absolute Gasteiger partial charge is 0.337 e. The van der Waals surface area contributed by atoms with Gasteiger partial charge in [-0.05, 0) is 43.2 Å². The Hall–Kier alpha value is -4.28. The number of nitrogens with one attached hydrogen (secondary N) is 3. The lowest BCUT2D eigenvalue weighted by Gasteiger charge is -2.22. The van der Waals surface area contributed by atoms with Crippen LogP contribution in [0.15, 0.2) is 41.5 Å². The maximum atomic E-state index is 12.7. The maximum absolute atomic E-state index is 12.7. The third-order valence-electron chi connectivity index (χ3n) is 6.46. The van der Waals surface area contributed by atoms with Crippen molar-refractivity contribution in [3.05, 3.63) is 58.7 Å². The molecular formula is C26H32N6O5. The molecule has 1 unspecified atom stereocenters. The Morgan fingerprint density at radius 3 is 2.46 bits per heavy atom. The van der Waals surface area contributed by atoms with Gasteiger partial charge in [0.25, 0.3) is 5.91 Å². The first-order valence-electron chi connectivity index (χ1n) is 12.1. The summed E-state index contributed by atoms with van der Waals surface area (Å²) in [4.78, 5) is 38.6. The van der Waals surface area contributed by atoms with E-state index >= 15 is 0 Å². The van der Waals surface area contributed by atoms with Crippen LogP contribution in [0.3, 0.4) is 0 Å². The van der Waals surface area contributed by atoms with Crippen LogP contribution in [0.2, 0.25) is 0 Å². The third kappa shape index (κ3) is 5.45. The van der Waals surface area contributed by atoms with Crippen molar-refractivity contribution in [2.75, 3.05) is 47.4 Å². The molecule has 4 rings (SSSR count). The predicted octanol–water partition coefficient (Wildman–Crippen LogP) is 1.80. The largest absolute Gasteiger partial charge is 0.493 e. The highest BCUT2D eigenvalue weighted by Gasteiger charge is 2.28. The number of hydrogen-bond acceptors (Lipinski definition) is 6. The van der Waals surface area contributed by atoms with Crippen molar-refractivity contribution in [1.29, 1.82) is 0 Å². The fourth-order valence-electron chi connectivity index (χ4n) is 4.46. The molecule has 0 spiro atoms. The van der Waals surface area contributed by atoms with Gasteiger partial charge in [0.05, 0.1) is 26.0 Å². The summed E-state index contributed by atoms with van der Waals surface area (Å²) >= 11 is 0. The van der Waals surface area contributed by atoms with Crippen molar-refractivity contribution in [3.8, 4) is 11.5 Å². The fraction of sp³-hybridized carbons (Fsp3) is 0.385. The first-order valence-corrected chi connectivity index (χ1v) is 12.1. The van der Waals surface area contributed by atoms with Crippen LogP contribution in [0, 0.1) is 0 Å². The van der Waals surface area contributed by atoms with E-state index < -0.39 is 0 Å². The Balaban J connectivity index is 1.61. The third-order valence-corrected chi connectivity index (χ3v) is 6.46.